The van der Waals surface area contributed by atoms with E-state index in [1.165, 1.54) is 47.2 Å². The van der Waals surface area contributed by atoms with Gasteiger partial charge in [-0.1, -0.05) is 35.1 Å². The molecule has 1 aromatic rings. The number of nitrogens with zero attached hydrogens (tertiary/aromatic N) is 2. The van der Waals surface area contributed by atoms with Gasteiger partial charge in [0.15, 0.2) is 0 Å². The van der Waals surface area contributed by atoms with Crippen molar-refractivity contribution in [1.29, 1.82) is 0 Å². The summed E-state index contributed by atoms with van der Waals surface area (Å²) in [5.74, 6) is 0. The minimum Gasteiger partial charge on any atom is -0.301 e. The van der Waals surface area contributed by atoms with Crippen molar-refractivity contribution in [2.45, 2.75) is 23.8 Å². The number of hydrogen-bond donors (Lipinski definition) is 1. The van der Waals surface area contributed by atoms with E-state index in [4.69, 9.17) is 0 Å². The molecule has 120 valence electrons. The highest BCUT2D eigenvalue weighted by Gasteiger charge is 2.23. The molecule has 1 aliphatic heterocycles. The molecular formula is C18H26N2S2. The smallest absolute Gasteiger partial charge is 0.0481 e. The van der Waals surface area contributed by atoms with E-state index in [0.717, 1.165) is 19.6 Å². The van der Waals surface area contributed by atoms with Crippen molar-refractivity contribution < 1.29 is 0 Å². The second-order valence-electron chi connectivity index (χ2n) is 5.72. The molecule has 4 heteroatoms. The molecule has 0 aliphatic carbocycles. The fourth-order valence-electron chi connectivity index (χ4n) is 3.05. The summed E-state index contributed by atoms with van der Waals surface area (Å²) < 4.78 is 0. The third-order valence-corrected chi connectivity index (χ3v) is 5.28. The van der Waals surface area contributed by atoms with Crippen LogP contribution in [0.1, 0.15) is 24.4 Å². The van der Waals surface area contributed by atoms with E-state index >= 15 is 0 Å². The van der Waals surface area contributed by atoms with Crippen LogP contribution in [0.25, 0.3) is 0 Å². The first-order valence-corrected chi connectivity index (χ1v) is 9.75. The molecule has 0 spiro atoms. The van der Waals surface area contributed by atoms with Crippen LogP contribution in [0.4, 0.5) is 0 Å². The SMILES string of the molecule is C=CCN(CC=C)C(CN1CCCC1)c1ccc(SS)cc1. The molecule has 1 heterocycles. The molecule has 1 aromatic carbocycles. The Kier molecular flexibility index (Phi) is 7.60. The Labute approximate surface area is 144 Å². The Hall–Kier alpha value is -0.680. The van der Waals surface area contributed by atoms with Gasteiger partial charge in [0.05, 0.1) is 0 Å². The number of benzene rings is 1. The van der Waals surface area contributed by atoms with Crippen LogP contribution >= 0.6 is 22.5 Å². The van der Waals surface area contributed by atoms with Gasteiger partial charge in [-0.05, 0) is 43.6 Å². The van der Waals surface area contributed by atoms with E-state index < -0.39 is 0 Å². The van der Waals surface area contributed by atoms with Gasteiger partial charge in [-0.15, -0.1) is 24.8 Å². The van der Waals surface area contributed by atoms with Crippen molar-refractivity contribution in [3.8, 4) is 0 Å². The van der Waals surface area contributed by atoms with Crippen molar-refractivity contribution in [3.63, 3.8) is 0 Å². The standard InChI is InChI=1S/C18H26N2S2/c1-3-11-20(12-4-2)18(15-19-13-5-6-14-19)16-7-9-17(22-21)10-8-16/h3-4,7-10,18,21H,1-2,5-6,11-15H2. The van der Waals surface area contributed by atoms with Crippen LogP contribution in [0.5, 0.6) is 0 Å². The number of hydrogen-bond acceptors (Lipinski definition) is 4. The van der Waals surface area contributed by atoms with E-state index in [0.29, 0.717) is 6.04 Å². The predicted octanol–water partition coefficient (Wildman–Crippen LogP) is 4.43. The lowest BCUT2D eigenvalue weighted by molar-refractivity contribution is 0.178. The summed E-state index contributed by atoms with van der Waals surface area (Å²) in [6.07, 6.45) is 6.62. The van der Waals surface area contributed by atoms with E-state index in [1.54, 1.807) is 0 Å². The molecule has 2 nitrogen and oxygen atoms in total. The maximum absolute atomic E-state index is 4.27. The zero-order valence-corrected chi connectivity index (χ0v) is 14.9. The molecule has 22 heavy (non-hydrogen) atoms. The first-order chi connectivity index (χ1) is 10.8. The van der Waals surface area contributed by atoms with E-state index in [1.807, 2.05) is 12.2 Å². The van der Waals surface area contributed by atoms with Gasteiger partial charge in [-0.25, -0.2) is 0 Å². The van der Waals surface area contributed by atoms with Crippen molar-refractivity contribution in [2.24, 2.45) is 0 Å². The Morgan fingerprint density at radius 3 is 2.23 bits per heavy atom. The van der Waals surface area contributed by atoms with Crippen molar-refractivity contribution in [1.82, 2.24) is 9.80 Å². The molecule has 0 bridgehead atoms. The largest absolute Gasteiger partial charge is 0.301 e. The first kappa shape index (κ1) is 17.7. The summed E-state index contributed by atoms with van der Waals surface area (Å²) >= 11 is 4.27. The second kappa shape index (κ2) is 9.46. The molecule has 1 fully saturated rings. The first-order valence-electron chi connectivity index (χ1n) is 7.88. The third kappa shape index (κ3) is 4.92. The zero-order valence-electron chi connectivity index (χ0n) is 13.2. The molecule has 2 rings (SSSR count). The Balaban J connectivity index is 2.20. The summed E-state index contributed by atoms with van der Waals surface area (Å²) in [5, 5.41) is 0. The topological polar surface area (TPSA) is 6.48 Å². The number of thiol groups is 1. The third-order valence-electron chi connectivity index (χ3n) is 4.17. The van der Waals surface area contributed by atoms with Crippen LogP contribution in [-0.4, -0.2) is 42.5 Å². The van der Waals surface area contributed by atoms with Crippen LogP contribution in [0.15, 0.2) is 54.5 Å². The summed E-state index contributed by atoms with van der Waals surface area (Å²) in [5.41, 5.74) is 1.36. The maximum atomic E-state index is 4.27. The van der Waals surface area contributed by atoms with E-state index in [-0.39, 0.29) is 0 Å². The van der Waals surface area contributed by atoms with Gasteiger partial charge in [0.25, 0.3) is 0 Å². The van der Waals surface area contributed by atoms with Crippen molar-refractivity contribution in [2.75, 3.05) is 32.7 Å². The quantitative estimate of drug-likeness (QED) is 0.406. The van der Waals surface area contributed by atoms with Crippen LogP contribution in [0.2, 0.25) is 0 Å². The fourth-order valence-corrected chi connectivity index (χ4v) is 3.68. The molecule has 1 unspecified atom stereocenters. The highest BCUT2D eigenvalue weighted by atomic mass is 33.1. The average Bonchev–Trinajstić information content (AvgIpc) is 3.06. The van der Waals surface area contributed by atoms with Gasteiger partial charge in [-0.2, -0.15) is 0 Å². The van der Waals surface area contributed by atoms with E-state index in [9.17, 15) is 0 Å². The number of likely N-dealkylation sites (tertiary alicyclic amines) is 1. The lowest BCUT2D eigenvalue weighted by Crippen LogP contribution is -2.37. The Morgan fingerprint density at radius 1 is 1.14 bits per heavy atom. The average molecular weight is 335 g/mol. The maximum Gasteiger partial charge on any atom is 0.0481 e. The summed E-state index contributed by atoms with van der Waals surface area (Å²) in [4.78, 5) is 6.21. The highest BCUT2D eigenvalue weighted by Crippen LogP contribution is 2.27. The Morgan fingerprint density at radius 2 is 1.73 bits per heavy atom. The van der Waals surface area contributed by atoms with Crippen LogP contribution < -0.4 is 0 Å². The number of rotatable bonds is 9. The van der Waals surface area contributed by atoms with Gasteiger partial charge in [-0.3, -0.25) is 4.90 Å². The minimum absolute atomic E-state index is 0.382. The van der Waals surface area contributed by atoms with Gasteiger partial charge >= 0.3 is 0 Å². The van der Waals surface area contributed by atoms with Gasteiger partial charge in [0.2, 0.25) is 0 Å². The van der Waals surface area contributed by atoms with Gasteiger partial charge < -0.3 is 4.90 Å². The predicted molar refractivity (Wildman–Crippen MR) is 102 cm³/mol. The normalized spacial score (nSPS) is 16.8. The molecule has 0 N–H and O–H groups in total. The second-order valence-corrected chi connectivity index (χ2v) is 6.92. The van der Waals surface area contributed by atoms with Crippen LogP contribution in [0.3, 0.4) is 0 Å². The monoisotopic (exact) mass is 334 g/mol. The Bertz CT molecular complexity index is 456. The lowest BCUT2D eigenvalue weighted by atomic mass is 10.0. The summed E-state index contributed by atoms with van der Waals surface area (Å²) in [6, 6.07) is 9.17. The lowest BCUT2D eigenvalue weighted by Gasteiger charge is -2.33. The molecule has 0 aromatic heterocycles. The van der Waals surface area contributed by atoms with Crippen LogP contribution in [-0.2, 0) is 0 Å². The van der Waals surface area contributed by atoms with Gasteiger partial charge in [0, 0.05) is 30.6 Å². The molecule has 1 atom stereocenters. The zero-order chi connectivity index (χ0) is 15.8. The van der Waals surface area contributed by atoms with Crippen molar-refractivity contribution in [3.05, 3.63) is 55.1 Å². The fraction of sp³-hybridized carbons (Fsp3) is 0.444. The van der Waals surface area contributed by atoms with Crippen molar-refractivity contribution >= 4 is 22.5 Å². The van der Waals surface area contributed by atoms with Gasteiger partial charge in [0.1, 0.15) is 0 Å². The molecule has 0 saturated carbocycles. The van der Waals surface area contributed by atoms with E-state index in [2.05, 4.69) is 58.9 Å². The summed E-state index contributed by atoms with van der Waals surface area (Å²) in [7, 11) is 1.49. The summed E-state index contributed by atoms with van der Waals surface area (Å²) in [6.45, 7) is 13.1. The molecule has 1 saturated heterocycles. The molecule has 1 aliphatic rings. The minimum atomic E-state index is 0.382. The molecular weight excluding hydrogens is 308 g/mol. The molecule has 0 radical (unpaired) electrons. The van der Waals surface area contributed by atoms with Crippen LogP contribution in [0, 0.1) is 0 Å². The molecule has 0 amide bonds. The highest BCUT2D eigenvalue weighted by molar-refractivity contribution is 8.68.